The lowest BCUT2D eigenvalue weighted by molar-refractivity contribution is 0.103. The largest absolute Gasteiger partial charge is 0.490 e. The van der Waals surface area contributed by atoms with Gasteiger partial charge in [-0.05, 0) is 52.6 Å². The molecule has 3 aliphatic rings. The Kier molecular flexibility index (Phi) is 3.93. The van der Waals surface area contributed by atoms with Crippen LogP contribution in [-0.2, 0) is 9.47 Å². The molecule has 2 aliphatic carbocycles. The summed E-state index contributed by atoms with van der Waals surface area (Å²) in [6.07, 6.45) is 13.3. The zero-order valence-corrected chi connectivity index (χ0v) is 15.5. The van der Waals surface area contributed by atoms with Crippen LogP contribution in [0.15, 0.2) is 61.1 Å². The summed E-state index contributed by atoms with van der Waals surface area (Å²) in [5.41, 5.74) is 5.02. The molecular weight excluding hydrogens is 332 g/mol. The molecule has 0 aromatic heterocycles. The molecule has 3 bridgehead atoms. The lowest BCUT2D eigenvalue weighted by Gasteiger charge is -2.28. The number of benzene rings is 2. The van der Waals surface area contributed by atoms with E-state index in [1.165, 1.54) is 33.0 Å². The number of hydrogen-bond donors (Lipinski definition) is 0. The van der Waals surface area contributed by atoms with Gasteiger partial charge in [0, 0.05) is 36.8 Å². The van der Waals surface area contributed by atoms with Crippen molar-refractivity contribution >= 4 is 22.9 Å². The van der Waals surface area contributed by atoms with Crippen molar-refractivity contribution in [3.63, 3.8) is 0 Å². The van der Waals surface area contributed by atoms with Crippen LogP contribution in [0.1, 0.15) is 66.6 Å². The van der Waals surface area contributed by atoms with E-state index >= 15 is 0 Å². The third kappa shape index (κ3) is 2.99. The van der Waals surface area contributed by atoms with Crippen LogP contribution in [0, 0.1) is 0 Å². The van der Waals surface area contributed by atoms with E-state index in [0.29, 0.717) is 0 Å². The van der Waals surface area contributed by atoms with Gasteiger partial charge in [-0.1, -0.05) is 37.5 Å². The summed E-state index contributed by atoms with van der Waals surface area (Å²) in [5.74, 6) is 1.70. The molecular formula is C25H24O2. The van der Waals surface area contributed by atoms with Gasteiger partial charge < -0.3 is 9.47 Å². The zero-order chi connectivity index (χ0) is 18.4. The van der Waals surface area contributed by atoms with Crippen LogP contribution in [0.25, 0.3) is 22.9 Å². The molecule has 0 fully saturated rings. The van der Waals surface area contributed by atoms with E-state index in [4.69, 9.17) is 9.47 Å². The highest BCUT2D eigenvalue weighted by atomic mass is 16.5. The summed E-state index contributed by atoms with van der Waals surface area (Å²) in [6.45, 7) is 8.29. The molecule has 2 aromatic carbocycles. The quantitative estimate of drug-likeness (QED) is 0.506. The normalized spacial score (nSPS) is 24.0. The zero-order valence-electron chi connectivity index (χ0n) is 15.5. The van der Waals surface area contributed by atoms with Crippen molar-refractivity contribution in [2.45, 2.75) is 44.3 Å². The Bertz CT molecular complexity index is 932. The molecule has 0 spiro atoms. The van der Waals surface area contributed by atoms with E-state index < -0.39 is 0 Å². The Morgan fingerprint density at radius 2 is 1.19 bits per heavy atom. The molecule has 1 aliphatic heterocycles. The van der Waals surface area contributed by atoms with E-state index in [-0.39, 0.29) is 12.2 Å². The van der Waals surface area contributed by atoms with Crippen molar-refractivity contribution in [3.8, 4) is 0 Å². The summed E-state index contributed by atoms with van der Waals surface area (Å²) in [7, 11) is 0. The second kappa shape index (κ2) is 6.45. The average Bonchev–Trinajstić information content (AvgIpc) is 2.65. The molecule has 2 heteroatoms. The Balaban J connectivity index is 1.69. The predicted octanol–water partition coefficient (Wildman–Crippen LogP) is 7.00. The van der Waals surface area contributed by atoms with Crippen LogP contribution >= 0.6 is 0 Å². The maximum atomic E-state index is 6.25. The van der Waals surface area contributed by atoms with Gasteiger partial charge >= 0.3 is 0 Å². The summed E-state index contributed by atoms with van der Waals surface area (Å²) >= 11 is 0. The Labute approximate surface area is 160 Å². The molecule has 27 heavy (non-hydrogen) atoms. The van der Waals surface area contributed by atoms with Crippen LogP contribution < -0.4 is 0 Å². The fourth-order valence-electron chi connectivity index (χ4n) is 4.38. The Morgan fingerprint density at radius 1 is 0.704 bits per heavy atom. The van der Waals surface area contributed by atoms with Crippen molar-refractivity contribution < 1.29 is 9.47 Å². The fourth-order valence-corrected chi connectivity index (χ4v) is 4.38. The van der Waals surface area contributed by atoms with Crippen LogP contribution in [0.2, 0.25) is 0 Å². The van der Waals surface area contributed by atoms with E-state index in [2.05, 4.69) is 61.7 Å². The maximum Gasteiger partial charge on any atom is 0.127 e. The van der Waals surface area contributed by atoms with Crippen LogP contribution in [0.5, 0.6) is 0 Å². The van der Waals surface area contributed by atoms with Gasteiger partial charge in [-0.3, -0.25) is 0 Å². The molecule has 0 saturated carbocycles. The minimum Gasteiger partial charge on any atom is -0.490 e. The lowest BCUT2D eigenvalue weighted by Crippen LogP contribution is -2.11. The van der Waals surface area contributed by atoms with Crippen molar-refractivity contribution in [2.75, 3.05) is 0 Å². The fraction of sp³-hybridized carbons (Fsp3) is 0.280. The summed E-state index contributed by atoms with van der Waals surface area (Å²) in [5, 5.41) is 2.50. The summed E-state index contributed by atoms with van der Waals surface area (Å²) in [6, 6.07) is 9.15. The molecule has 136 valence electrons. The Hall–Kier alpha value is -2.74. The van der Waals surface area contributed by atoms with Gasteiger partial charge in [0.2, 0.25) is 0 Å². The van der Waals surface area contributed by atoms with Crippen molar-refractivity contribution in [1.29, 1.82) is 0 Å². The molecule has 1 heterocycles. The molecule has 0 saturated heterocycles. The monoisotopic (exact) mass is 356 g/mol. The predicted molar refractivity (Wildman–Crippen MR) is 111 cm³/mol. The van der Waals surface area contributed by atoms with Gasteiger partial charge in [0.05, 0.1) is 11.5 Å². The van der Waals surface area contributed by atoms with E-state index in [1.54, 1.807) is 0 Å². The van der Waals surface area contributed by atoms with E-state index in [0.717, 1.165) is 43.6 Å². The van der Waals surface area contributed by atoms with Gasteiger partial charge in [0.25, 0.3) is 0 Å². The standard InChI is InChI=1S/C25H24O2/c1-16-6-3-7-17(2)27-25-11-5-9-19-13-20-12-18-8-4-10-24(26-16)22(18)14-21(20)15-23(19)25/h4-5,8-9,12-15,24-25H,1-3,6-7,10-11H2. The molecule has 0 amide bonds. The van der Waals surface area contributed by atoms with Gasteiger partial charge in [-0.15, -0.1) is 0 Å². The Morgan fingerprint density at radius 3 is 1.70 bits per heavy atom. The van der Waals surface area contributed by atoms with Gasteiger partial charge in [0.1, 0.15) is 12.2 Å². The highest BCUT2D eigenvalue weighted by molar-refractivity contribution is 5.90. The molecule has 2 atom stereocenters. The topological polar surface area (TPSA) is 18.5 Å². The molecule has 0 radical (unpaired) electrons. The number of rotatable bonds is 0. The van der Waals surface area contributed by atoms with E-state index in [1.807, 2.05) is 0 Å². The molecule has 0 N–H and O–H groups in total. The highest BCUT2D eigenvalue weighted by Gasteiger charge is 2.23. The van der Waals surface area contributed by atoms with Crippen LogP contribution in [-0.4, -0.2) is 0 Å². The smallest absolute Gasteiger partial charge is 0.127 e. The third-order valence-corrected chi connectivity index (χ3v) is 5.76. The number of hydrogen-bond acceptors (Lipinski definition) is 2. The lowest BCUT2D eigenvalue weighted by atomic mass is 9.87. The first-order chi connectivity index (χ1) is 13.2. The van der Waals surface area contributed by atoms with Crippen molar-refractivity contribution in [2.24, 2.45) is 0 Å². The van der Waals surface area contributed by atoms with Crippen molar-refractivity contribution in [1.82, 2.24) is 0 Å². The van der Waals surface area contributed by atoms with Gasteiger partial charge in [0.15, 0.2) is 0 Å². The first-order valence-corrected chi connectivity index (χ1v) is 9.81. The second-order valence-corrected chi connectivity index (χ2v) is 7.73. The number of ether oxygens (including phenoxy) is 2. The average molecular weight is 356 g/mol. The van der Waals surface area contributed by atoms with Crippen LogP contribution in [0.3, 0.4) is 0 Å². The number of allylic oxidation sites excluding steroid dienone is 2. The molecule has 5 rings (SSSR count). The minimum atomic E-state index is 0.0519. The van der Waals surface area contributed by atoms with Gasteiger partial charge in [-0.25, -0.2) is 0 Å². The van der Waals surface area contributed by atoms with Crippen molar-refractivity contribution in [3.05, 3.63) is 83.3 Å². The first-order valence-electron chi connectivity index (χ1n) is 9.81. The highest BCUT2D eigenvalue weighted by Crippen LogP contribution is 2.40. The maximum absolute atomic E-state index is 6.25. The molecule has 2 aromatic rings. The SMILES string of the molecule is C=C1CCCC(=C)OC2CC=Cc3cc4cc5c(cc4cc32)C(CC=C5)O1. The van der Waals surface area contributed by atoms with Gasteiger partial charge in [-0.2, -0.15) is 0 Å². The second-order valence-electron chi connectivity index (χ2n) is 7.73. The van der Waals surface area contributed by atoms with Crippen LogP contribution in [0.4, 0.5) is 0 Å². The third-order valence-electron chi connectivity index (χ3n) is 5.76. The summed E-state index contributed by atoms with van der Waals surface area (Å²) < 4.78 is 12.5. The first kappa shape index (κ1) is 16.4. The summed E-state index contributed by atoms with van der Waals surface area (Å²) in [4.78, 5) is 0. The molecule has 2 nitrogen and oxygen atoms in total. The minimum absolute atomic E-state index is 0.0519. The van der Waals surface area contributed by atoms with E-state index in [9.17, 15) is 0 Å². The molecule has 2 unspecified atom stereocenters.